The zero-order valence-electron chi connectivity index (χ0n) is 12.6. The van der Waals surface area contributed by atoms with E-state index >= 15 is 0 Å². The van der Waals surface area contributed by atoms with E-state index in [1.807, 2.05) is 36.4 Å². The molecule has 3 aromatic carbocycles. The second kappa shape index (κ2) is 9.57. The topological polar surface area (TPSA) is 0 Å². The molecule has 1 aliphatic carbocycles. The summed E-state index contributed by atoms with van der Waals surface area (Å²) < 4.78 is 0. The minimum atomic E-state index is 0. The molecule has 4 rings (SSSR count). The first-order valence-corrected chi connectivity index (χ1v) is 6.20. The normalized spacial score (nSPS) is 9.52. The van der Waals surface area contributed by atoms with Gasteiger partial charge in [0, 0.05) is 0 Å². The number of hydrogen-bond donors (Lipinski definition) is 0. The van der Waals surface area contributed by atoms with Gasteiger partial charge >= 0.3 is 25.8 Å². The van der Waals surface area contributed by atoms with E-state index in [9.17, 15) is 0 Å². The second-order valence-corrected chi connectivity index (χ2v) is 4.36. The van der Waals surface area contributed by atoms with Gasteiger partial charge in [-0.25, -0.2) is 12.1 Å². The quantitative estimate of drug-likeness (QED) is 0.256. The van der Waals surface area contributed by atoms with E-state index in [4.69, 9.17) is 0 Å². The van der Waals surface area contributed by atoms with Gasteiger partial charge in [-0.2, -0.15) is 48.0 Å². The Morgan fingerprint density at radius 3 is 2.14 bits per heavy atom. The van der Waals surface area contributed by atoms with Gasteiger partial charge in [-0.15, -0.1) is 5.56 Å². The van der Waals surface area contributed by atoms with Crippen LogP contribution < -0.4 is 0 Å². The Bertz CT molecular complexity index is 563. The fraction of sp³-hybridized carbons (Fsp3) is 0.0500. The van der Waals surface area contributed by atoms with Crippen LogP contribution in [0.1, 0.15) is 11.1 Å². The van der Waals surface area contributed by atoms with Crippen LogP contribution in [0.25, 0.3) is 11.1 Å². The summed E-state index contributed by atoms with van der Waals surface area (Å²) in [7, 11) is 0. The molecule has 0 aromatic heterocycles. The molecule has 21 heavy (non-hydrogen) atoms. The number of fused-ring (bicyclic) bond motifs is 3. The standard InChI is InChI=1S/C13H9.C5H5.2CH3.Hf/c1-3-7-12-10(5-1)9-11-6-2-4-8-13(11)12;1-2-4-5-3-1;;;/h1-5,7-8H,9H2;1-5H;2*1H3;/q4*-1;+4. The van der Waals surface area contributed by atoms with Gasteiger partial charge in [0.05, 0.1) is 0 Å². The van der Waals surface area contributed by atoms with Crippen molar-refractivity contribution < 1.29 is 25.8 Å². The molecule has 0 nitrogen and oxygen atoms in total. The average Bonchev–Trinajstić information content (AvgIpc) is 3.10. The smallest absolute Gasteiger partial charge is 0.358 e. The van der Waals surface area contributed by atoms with E-state index in [0.29, 0.717) is 0 Å². The summed E-state index contributed by atoms with van der Waals surface area (Å²) in [5, 5.41) is 0. The average molecular weight is 439 g/mol. The molecule has 1 heteroatoms. The molecule has 0 aliphatic heterocycles. The first-order chi connectivity index (χ1) is 8.95. The SMILES string of the molecule is [CH3-].[CH3-].[Hf+4].[c-]1cccc2c1Cc1ccccc1-2.c1cc[cH-]c1. The summed E-state index contributed by atoms with van der Waals surface area (Å²) in [6.45, 7) is 0. The van der Waals surface area contributed by atoms with Crippen molar-refractivity contribution in [2.24, 2.45) is 0 Å². The third-order valence-corrected chi connectivity index (χ3v) is 3.17. The van der Waals surface area contributed by atoms with Crippen molar-refractivity contribution in [1.29, 1.82) is 0 Å². The van der Waals surface area contributed by atoms with Crippen LogP contribution in [0.4, 0.5) is 0 Å². The molecule has 0 spiro atoms. The maximum absolute atomic E-state index is 3.30. The fourth-order valence-corrected chi connectivity index (χ4v) is 2.32. The molecule has 0 saturated heterocycles. The zero-order valence-corrected chi connectivity index (χ0v) is 16.2. The zero-order chi connectivity index (χ0) is 12.2. The maximum Gasteiger partial charge on any atom is 4.00 e. The van der Waals surface area contributed by atoms with Crippen LogP contribution in [0, 0.1) is 20.9 Å². The van der Waals surface area contributed by atoms with Gasteiger partial charge in [0.1, 0.15) is 0 Å². The van der Waals surface area contributed by atoms with Crippen LogP contribution >= 0.6 is 0 Å². The Hall–Kier alpha value is -1.34. The molecule has 1 aliphatic rings. The summed E-state index contributed by atoms with van der Waals surface area (Å²) in [5.41, 5.74) is 5.51. The van der Waals surface area contributed by atoms with Gasteiger partial charge in [0.25, 0.3) is 0 Å². The molecule has 0 unspecified atom stereocenters. The minimum absolute atomic E-state index is 0. The fourth-order valence-electron chi connectivity index (χ4n) is 2.32. The second-order valence-electron chi connectivity index (χ2n) is 4.36. The van der Waals surface area contributed by atoms with Crippen LogP contribution in [0.15, 0.2) is 72.8 Å². The van der Waals surface area contributed by atoms with Gasteiger partial charge in [0.2, 0.25) is 0 Å². The van der Waals surface area contributed by atoms with Crippen LogP contribution in [-0.4, -0.2) is 0 Å². The number of rotatable bonds is 0. The summed E-state index contributed by atoms with van der Waals surface area (Å²) in [4.78, 5) is 0. The molecule has 0 saturated carbocycles. The summed E-state index contributed by atoms with van der Waals surface area (Å²) in [5.74, 6) is 0. The van der Waals surface area contributed by atoms with E-state index < -0.39 is 0 Å². The molecule has 3 aromatic rings. The van der Waals surface area contributed by atoms with Gasteiger partial charge in [0.15, 0.2) is 0 Å². The van der Waals surface area contributed by atoms with Crippen molar-refractivity contribution in [1.82, 2.24) is 0 Å². The Balaban J connectivity index is 0.000000437. The third-order valence-electron chi connectivity index (χ3n) is 3.17. The molecule has 0 atom stereocenters. The van der Waals surface area contributed by atoms with Crippen LogP contribution in [0.2, 0.25) is 0 Å². The molecule has 0 radical (unpaired) electrons. The Morgan fingerprint density at radius 2 is 1.48 bits per heavy atom. The van der Waals surface area contributed by atoms with Crippen molar-refractivity contribution in [3.63, 3.8) is 0 Å². The first-order valence-electron chi connectivity index (χ1n) is 6.20. The van der Waals surface area contributed by atoms with Gasteiger partial charge in [-0.3, -0.25) is 0 Å². The Morgan fingerprint density at radius 1 is 0.810 bits per heavy atom. The molecular formula is C20H20Hf. The molecule has 0 N–H and O–H groups in total. The van der Waals surface area contributed by atoms with Crippen LogP contribution in [-0.2, 0) is 32.3 Å². The Kier molecular flexibility index (Phi) is 8.96. The van der Waals surface area contributed by atoms with E-state index in [1.165, 1.54) is 22.3 Å². The summed E-state index contributed by atoms with van der Waals surface area (Å²) in [6, 6.07) is 28.1. The van der Waals surface area contributed by atoms with Gasteiger partial charge < -0.3 is 14.9 Å². The van der Waals surface area contributed by atoms with E-state index in [0.717, 1.165) is 6.42 Å². The molecule has 0 fully saturated rings. The monoisotopic (exact) mass is 440 g/mol. The summed E-state index contributed by atoms with van der Waals surface area (Å²) in [6.07, 6.45) is 1.05. The number of hydrogen-bond acceptors (Lipinski definition) is 0. The van der Waals surface area contributed by atoms with Crippen LogP contribution in [0.3, 0.4) is 0 Å². The largest absolute Gasteiger partial charge is 4.00 e. The molecular weight excluding hydrogens is 419 g/mol. The van der Waals surface area contributed by atoms with E-state index in [2.05, 4.69) is 42.5 Å². The minimum Gasteiger partial charge on any atom is -0.358 e. The van der Waals surface area contributed by atoms with E-state index in [1.54, 1.807) is 0 Å². The van der Waals surface area contributed by atoms with Gasteiger partial charge in [-0.1, -0.05) is 35.4 Å². The predicted molar refractivity (Wildman–Crippen MR) is 88.4 cm³/mol. The van der Waals surface area contributed by atoms with Crippen molar-refractivity contribution in [3.8, 4) is 11.1 Å². The van der Waals surface area contributed by atoms with Crippen molar-refractivity contribution in [3.05, 3.63) is 105 Å². The molecule has 0 bridgehead atoms. The van der Waals surface area contributed by atoms with Gasteiger partial charge in [-0.05, 0) is 6.42 Å². The third kappa shape index (κ3) is 4.57. The first kappa shape index (κ1) is 19.7. The Labute approximate surface area is 148 Å². The molecule has 104 valence electrons. The van der Waals surface area contributed by atoms with Crippen molar-refractivity contribution in [2.45, 2.75) is 6.42 Å². The van der Waals surface area contributed by atoms with Crippen LogP contribution in [0.5, 0.6) is 0 Å². The molecule has 0 heterocycles. The van der Waals surface area contributed by atoms with Crippen molar-refractivity contribution >= 4 is 0 Å². The molecule has 0 amide bonds. The number of benzene rings is 2. The van der Waals surface area contributed by atoms with E-state index in [-0.39, 0.29) is 40.7 Å². The summed E-state index contributed by atoms with van der Waals surface area (Å²) >= 11 is 0. The maximum atomic E-state index is 3.30. The predicted octanol–water partition coefficient (Wildman–Crippen LogP) is 5.36. The van der Waals surface area contributed by atoms with Crippen molar-refractivity contribution in [2.75, 3.05) is 0 Å².